The van der Waals surface area contributed by atoms with Crippen LogP contribution in [0.25, 0.3) is 0 Å². The highest BCUT2D eigenvalue weighted by molar-refractivity contribution is 5.23. The molecule has 1 aromatic carbocycles. The highest BCUT2D eigenvalue weighted by Gasteiger charge is 2.39. The second-order valence-electron chi connectivity index (χ2n) is 7.25. The van der Waals surface area contributed by atoms with Gasteiger partial charge in [0, 0.05) is 37.6 Å². The number of hydrogen-bond acceptors (Lipinski definition) is 4. The van der Waals surface area contributed by atoms with Gasteiger partial charge in [0.25, 0.3) is 0 Å². The molecule has 0 spiro atoms. The number of piperidine rings is 1. The molecule has 1 saturated heterocycles. The van der Waals surface area contributed by atoms with Gasteiger partial charge in [0.05, 0.1) is 6.54 Å². The fraction of sp³-hybridized carbons (Fsp3) is 0.526. The van der Waals surface area contributed by atoms with Crippen molar-refractivity contribution in [2.45, 2.75) is 51.5 Å². The van der Waals surface area contributed by atoms with Gasteiger partial charge in [-0.25, -0.2) is 9.37 Å². The van der Waals surface area contributed by atoms with Crippen LogP contribution in [-0.4, -0.2) is 44.4 Å². The first-order valence-electron chi connectivity index (χ1n) is 8.74. The van der Waals surface area contributed by atoms with Crippen LogP contribution in [0.2, 0.25) is 0 Å². The molecule has 1 aliphatic rings. The summed E-state index contributed by atoms with van der Waals surface area (Å²) in [5, 5.41) is 10.7. The number of benzene rings is 1. The van der Waals surface area contributed by atoms with Crippen LogP contribution in [0.5, 0.6) is 5.75 Å². The summed E-state index contributed by atoms with van der Waals surface area (Å²) in [6.07, 6.45) is 3.97. The van der Waals surface area contributed by atoms with Crippen LogP contribution < -0.4 is 4.74 Å². The number of nitrogens with zero attached hydrogens (tertiary/aromatic N) is 3. The number of hydrogen-bond donors (Lipinski definition) is 1. The summed E-state index contributed by atoms with van der Waals surface area (Å²) in [5.74, 6) is 1.10. The van der Waals surface area contributed by atoms with Crippen molar-refractivity contribution >= 4 is 0 Å². The van der Waals surface area contributed by atoms with Crippen LogP contribution in [-0.2, 0) is 6.54 Å². The molecule has 2 atom stereocenters. The Morgan fingerprint density at radius 3 is 2.96 bits per heavy atom. The molecule has 0 bridgehead atoms. The van der Waals surface area contributed by atoms with Gasteiger partial charge in [0.1, 0.15) is 29.1 Å². The molecule has 3 rings (SSSR count). The Bertz CT molecular complexity index is 714. The number of imidazole rings is 1. The lowest BCUT2D eigenvalue weighted by molar-refractivity contribution is -0.0970. The normalized spacial score (nSPS) is 24.6. The lowest BCUT2D eigenvalue weighted by Gasteiger charge is -2.42. The van der Waals surface area contributed by atoms with E-state index < -0.39 is 11.7 Å². The minimum atomic E-state index is -0.948. The molecule has 1 aliphatic heterocycles. The van der Waals surface area contributed by atoms with Crippen LogP contribution in [0.15, 0.2) is 36.7 Å². The molecule has 1 aromatic heterocycles. The third-order valence-electron chi connectivity index (χ3n) is 4.80. The zero-order chi connectivity index (χ0) is 18.0. The van der Waals surface area contributed by atoms with Crippen molar-refractivity contribution < 1.29 is 14.2 Å². The van der Waals surface area contributed by atoms with E-state index in [2.05, 4.69) is 28.3 Å². The molecule has 0 amide bonds. The summed E-state index contributed by atoms with van der Waals surface area (Å²) < 4.78 is 21.5. The fourth-order valence-corrected chi connectivity index (χ4v) is 3.22. The Labute approximate surface area is 148 Å². The highest BCUT2D eigenvalue weighted by Crippen LogP contribution is 2.28. The number of aliphatic hydroxyl groups is 1. The zero-order valence-corrected chi connectivity index (χ0v) is 15.0. The Hall–Kier alpha value is -1.92. The van der Waals surface area contributed by atoms with Gasteiger partial charge in [-0.1, -0.05) is 6.07 Å². The van der Waals surface area contributed by atoms with Gasteiger partial charge < -0.3 is 14.4 Å². The van der Waals surface area contributed by atoms with Gasteiger partial charge in [0.15, 0.2) is 0 Å². The van der Waals surface area contributed by atoms with Crippen molar-refractivity contribution in [1.82, 2.24) is 14.5 Å². The van der Waals surface area contributed by atoms with Gasteiger partial charge >= 0.3 is 0 Å². The van der Waals surface area contributed by atoms with Gasteiger partial charge in [-0.05, 0) is 39.3 Å². The lowest BCUT2D eigenvalue weighted by atomic mass is 9.90. The molecule has 0 unspecified atom stereocenters. The summed E-state index contributed by atoms with van der Waals surface area (Å²) in [6.45, 7) is 8.06. The smallest absolute Gasteiger partial charge is 0.140 e. The molecule has 1 fully saturated rings. The quantitative estimate of drug-likeness (QED) is 0.903. The standard InChI is InChI=1S/C19H26FN3O2/c1-14(2)23-10-8-21-18(23)13-22-9-7-19(3,24)17(12-22)25-16-6-4-5-15(20)11-16/h4-6,8,10-11,14,17,24H,7,9,12-13H2,1-3H3/t17-,19-/m1/s1. The van der Waals surface area contributed by atoms with E-state index in [0.29, 0.717) is 31.3 Å². The van der Waals surface area contributed by atoms with E-state index in [1.165, 1.54) is 12.1 Å². The van der Waals surface area contributed by atoms with Crippen LogP contribution in [0.1, 0.15) is 39.1 Å². The summed E-state index contributed by atoms with van der Waals surface area (Å²) in [6, 6.07) is 6.40. The van der Waals surface area contributed by atoms with Crippen LogP contribution >= 0.6 is 0 Å². The third-order valence-corrected chi connectivity index (χ3v) is 4.80. The van der Waals surface area contributed by atoms with E-state index in [4.69, 9.17) is 4.74 Å². The van der Waals surface area contributed by atoms with Gasteiger partial charge in [0.2, 0.25) is 0 Å². The van der Waals surface area contributed by atoms with Crippen LogP contribution in [0.3, 0.4) is 0 Å². The maximum Gasteiger partial charge on any atom is 0.140 e. The van der Waals surface area contributed by atoms with E-state index >= 15 is 0 Å². The Kier molecular flexibility index (Phi) is 5.11. The molecule has 136 valence electrons. The minimum Gasteiger partial charge on any atom is -0.486 e. The first-order valence-corrected chi connectivity index (χ1v) is 8.74. The van der Waals surface area contributed by atoms with Crippen molar-refractivity contribution in [3.05, 3.63) is 48.3 Å². The summed E-state index contributed by atoms with van der Waals surface area (Å²) in [7, 11) is 0. The molecule has 0 saturated carbocycles. The van der Waals surface area contributed by atoms with E-state index in [9.17, 15) is 9.50 Å². The summed E-state index contributed by atoms with van der Waals surface area (Å²) in [4.78, 5) is 6.68. The SMILES string of the molecule is CC(C)n1ccnc1CN1CC[C@@](C)(O)[C@H](Oc2cccc(F)c2)C1. The zero-order valence-electron chi connectivity index (χ0n) is 15.0. The first kappa shape index (κ1) is 17.9. The first-order chi connectivity index (χ1) is 11.8. The molecule has 0 aliphatic carbocycles. The Morgan fingerprint density at radius 2 is 2.24 bits per heavy atom. The molecule has 25 heavy (non-hydrogen) atoms. The number of likely N-dealkylation sites (tertiary alicyclic amines) is 1. The second kappa shape index (κ2) is 7.14. The topological polar surface area (TPSA) is 50.5 Å². The second-order valence-corrected chi connectivity index (χ2v) is 7.25. The lowest BCUT2D eigenvalue weighted by Crippen LogP contribution is -2.56. The van der Waals surface area contributed by atoms with E-state index in [0.717, 1.165) is 12.4 Å². The predicted molar refractivity (Wildman–Crippen MR) is 93.9 cm³/mol. The molecule has 2 aromatic rings. The van der Waals surface area contributed by atoms with E-state index in [1.807, 2.05) is 12.4 Å². The summed E-state index contributed by atoms with van der Waals surface area (Å²) >= 11 is 0. The average molecular weight is 347 g/mol. The molecule has 1 N–H and O–H groups in total. The van der Waals surface area contributed by atoms with Crippen molar-refractivity contribution in [3.8, 4) is 5.75 Å². The molecular formula is C19H26FN3O2. The van der Waals surface area contributed by atoms with Crippen LogP contribution in [0.4, 0.5) is 4.39 Å². The summed E-state index contributed by atoms with van der Waals surface area (Å²) in [5.41, 5.74) is -0.948. The van der Waals surface area contributed by atoms with Crippen molar-refractivity contribution in [2.75, 3.05) is 13.1 Å². The molecular weight excluding hydrogens is 321 g/mol. The van der Waals surface area contributed by atoms with Crippen molar-refractivity contribution in [1.29, 1.82) is 0 Å². The number of aromatic nitrogens is 2. The van der Waals surface area contributed by atoms with E-state index in [-0.39, 0.29) is 5.82 Å². The minimum absolute atomic E-state index is 0.344. The largest absolute Gasteiger partial charge is 0.486 e. The highest BCUT2D eigenvalue weighted by atomic mass is 19.1. The number of halogens is 1. The Morgan fingerprint density at radius 1 is 1.44 bits per heavy atom. The van der Waals surface area contributed by atoms with Gasteiger partial charge in [-0.15, -0.1) is 0 Å². The third kappa shape index (κ3) is 4.19. The predicted octanol–water partition coefficient (Wildman–Crippen LogP) is 3.01. The van der Waals surface area contributed by atoms with Crippen molar-refractivity contribution in [2.24, 2.45) is 0 Å². The maximum absolute atomic E-state index is 13.4. The average Bonchev–Trinajstić information content (AvgIpc) is 2.99. The van der Waals surface area contributed by atoms with Crippen molar-refractivity contribution in [3.63, 3.8) is 0 Å². The van der Waals surface area contributed by atoms with Gasteiger partial charge in [-0.3, -0.25) is 4.90 Å². The number of ether oxygens (including phenoxy) is 1. The molecule has 5 nitrogen and oxygen atoms in total. The maximum atomic E-state index is 13.4. The fourth-order valence-electron chi connectivity index (χ4n) is 3.22. The molecule has 6 heteroatoms. The Balaban J connectivity index is 1.71. The van der Waals surface area contributed by atoms with Crippen LogP contribution in [0, 0.1) is 5.82 Å². The van der Waals surface area contributed by atoms with E-state index in [1.54, 1.807) is 19.1 Å². The number of rotatable bonds is 5. The molecule has 2 heterocycles. The monoisotopic (exact) mass is 347 g/mol. The van der Waals surface area contributed by atoms with Gasteiger partial charge in [-0.2, -0.15) is 0 Å². The molecule has 0 radical (unpaired) electrons.